The fourth-order valence-corrected chi connectivity index (χ4v) is 1.84. The molecule has 5 heteroatoms. The van der Waals surface area contributed by atoms with Gasteiger partial charge in [-0.1, -0.05) is 0 Å². The van der Waals surface area contributed by atoms with E-state index in [9.17, 15) is 0 Å². The lowest BCUT2D eigenvalue weighted by molar-refractivity contribution is 0.258. The maximum absolute atomic E-state index is 8.96. The Morgan fingerprint density at radius 2 is 2.07 bits per heavy atom. The molecule has 0 radical (unpaired) electrons. The van der Waals surface area contributed by atoms with Crippen molar-refractivity contribution in [3.63, 3.8) is 0 Å². The molecule has 14 heavy (non-hydrogen) atoms. The van der Waals surface area contributed by atoms with Crippen LogP contribution in [0.4, 0.5) is 0 Å². The minimum absolute atomic E-state index is 0.0278. The Bertz CT molecular complexity index is 280. The summed E-state index contributed by atoms with van der Waals surface area (Å²) < 4.78 is 1.92. The van der Waals surface area contributed by atoms with Crippen molar-refractivity contribution in [2.45, 2.75) is 26.0 Å². The summed E-state index contributed by atoms with van der Waals surface area (Å²) in [5.74, 6) is 0.657. The van der Waals surface area contributed by atoms with Gasteiger partial charge in [-0.15, -0.1) is 10.2 Å². The third-order valence-corrected chi connectivity index (χ3v) is 2.69. The lowest BCUT2D eigenvalue weighted by Gasteiger charge is -2.14. The van der Waals surface area contributed by atoms with Crippen molar-refractivity contribution in [2.24, 2.45) is 0 Å². The van der Waals surface area contributed by atoms with Crippen molar-refractivity contribution in [3.8, 4) is 0 Å². The summed E-state index contributed by atoms with van der Waals surface area (Å²) in [5.41, 5.74) is 0. The first kappa shape index (κ1) is 9.61. The molecule has 1 N–H and O–H groups in total. The van der Waals surface area contributed by atoms with E-state index < -0.39 is 0 Å². The van der Waals surface area contributed by atoms with E-state index in [0.717, 1.165) is 13.1 Å². The van der Waals surface area contributed by atoms with Gasteiger partial charge in [0.1, 0.15) is 12.9 Å². The van der Waals surface area contributed by atoms with Crippen LogP contribution in [0.3, 0.4) is 0 Å². The molecule has 5 nitrogen and oxygen atoms in total. The molecule has 1 saturated heterocycles. The van der Waals surface area contributed by atoms with Crippen molar-refractivity contribution in [2.75, 3.05) is 19.6 Å². The van der Waals surface area contributed by atoms with E-state index >= 15 is 0 Å². The Kier molecular flexibility index (Phi) is 3.10. The number of aliphatic hydroxyl groups excluding tert-OH is 1. The normalized spacial score (nSPS) is 17.8. The van der Waals surface area contributed by atoms with Gasteiger partial charge in [-0.05, 0) is 25.9 Å². The molecule has 0 bridgehead atoms. The van der Waals surface area contributed by atoms with Crippen LogP contribution in [0.15, 0.2) is 6.33 Å². The second kappa shape index (κ2) is 4.52. The van der Waals surface area contributed by atoms with Gasteiger partial charge in [-0.2, -0.15) is 0 Å². The van der Waals surface area contributed by atoms with Gasteiger partial charge in [0.05, 0.1) is 0 Å². The zero-order chi connectivity index (χ0) is 9.80. The quantitative estimate of drug-likeness (QED) is 0.728. The van der Waals surface area contributed by atoms with Crippen molar-refractivity contribution in [3.05, 3.63) is 12.2 Å². The lowest BCUT2D eigenvalue weighted by atomic mass is 10.4. The van der Waals surface area contributed by atoms with Gasteiger partial charge in [0.2, 0.25) is 0 Å². The Balaban J connectivity index is 1.84. The second-order valence-electron chi connectivity index (χ2n) is 3.65. The molecule has 2 heterocycles. The highest BCUT2D eigenvalue weighted by molar-refractivity contribution is 4.82. The van der Waals surface area contributed by atoms with Gasteiger partial charge < -0.3 is 14.6 Å². The van der Waals surface area contributed by atoms with Gasteiger partial charge in [0, 0.05) is 13.1 Å². The van der Waals surface area contributed by atoms with Gasteiger partial charge in [-0.3, -0.25) is 0 Å². The highest BCUT2D eigenvalue weighted by atomic mass is 16.3. The maximum atomic E-state index is 8.96. The summed E-state index contributed by atoms with van der Waals surface area (Å²) in [4.78, 5) is 2.43. The van der Waals surface area contributed by atoms with Crippen LogP contribution in [-0.2, 0) is 13.2 Å². The molecule has 1 aromatic heterocycles. The molecule has 0 atom stereocenters. The number of hydrogen-bond acceptors (Lipinski definition) is 4. The average molecular weight is 196 g/mol. The fraction of sp³-hybridized carbons (Fsp3) is 0.778. The molecule has 0 amide bonds. The minimum atomic E-state index is -0.0278. The van der Waals surface area contributed by atoms with Gasteiger partial charge >= 0.3 is 0 Å². The highest BCUT2D eigenvalue weighted by Crippen LogP contribution is 2.07. The second-order valence-corrected chi connectivity index (χ2v) is 3.65. The van der Waals surface area contributed by atoms with E-state index in [2.05, 4.69) is 15.1 Å². The van der Waals surface area contributed by atoms with Crippen LogP contribution in [0.25, 0.3) is 0 Å². The number of aromatic nitrogens is 3. The number of rotatable bonds is 4. The summed E-state index contributed by atoms with van der Waals surface area (Å²) in [6, 6.07) is 0. The van der Waals surface area contributed by atoms with E-state index in [-0.39, 0.29) is 6.61 Å². The van der Waals surface area contributed by atoms with Crippen molar-refractivity contribution in [1.82, 2.24) is 19.7 Å². The van der Waals surface area contributed by atoms with Crippen LogP contribution in [0.5, 0.6) is 0 Å². The van der Waals surface area contributed by atoms with Crippen LogP contribution in [-0.4, -0.2) is 44.4 Å². The molecular formula is C9H16N4O. The molecule has 1 aromatic rings. The van der Waals surface area contributed by atoms with Crippen molar-refractivity contribution < 1.29 is 5.11 Å². The number of aliphatic hydroxyl groups is 1. The highest BCUT2D eigenvalue weighted by Gasteiger charge is 2.11. The Labute approximate surface area is 83.4 Å². The molecule has 1 aliphatic rings. The maximum Gasteiger partial charge on any atom is 0.158 e. The molecule has 78 valence electrons. The van der Waals surface area contributed by atoms with E-state index in [4.69, 9.17) is 5.11 Å². The molecule has 0 unspecified atom stereocenters. The SMILES string of the molecule is OCc1nncn1CCN1CCCC1. The molecule has 1 fully saturated rings. The first-order chi connectivity index (χ1) is 6.90. The largest absolute Gasteiger partial charge is 0.388 e. The molecule has 1 aliphatic heterocycles. The Morgan fingerprint density at radius 1 is 1.29 bits per heavy atom. The van der Waals surface area contributed by atoms with Crippen LogP contribution in [0.2, 0.25) is 0 Å². The molecule has 0 aromatic carbocycles. The summed E-state index contributed by atoms with van der Waals surface area (Å²) in [7, 11) is 0. The van der Waals surface area contributed by atoms with Crippen LogP contribution in [0, 0.1) is 0 Å². The fourth-order valence-electron chi connectivity index (χ4n) is 1.84. The monoisotopic (exact) mass is 196 g/mol. The standard InChI is InChI=1S/C9H16N4O/c14-7-9-11-10-8-13(9)6-5-12-3-1-2-4-12/h8,14H,1-7H2. The summed E-state index contributed by atoms with van der Waals surface area (Å²) >= 11 is 0. The minimum Gasteiger partial charge on any atom is -0.388 e. The number of hydrogen-bond donors (Lipinski definition) is 1. The predicted octanol–water partition coefficient (Wildman–Crippen LogP) is -0.134. The van der Waals surface area contributed by atoms with Crippen molar-refractivity contribution >= 4 is 0 Å². The zero-order valence-electron chi connectivity index (χ0n) is 8.26. The first-order valence-corrected chi connectivity index (χ1v) is 5.10. The summed E-state index contributed by atoms with van der Waals surface area (Å²) in [6.07, 6.45) is 4.31. The zero-order valence-corrected chi connectivity index (χ0v) is 8.26. The van der Waals surface area contributed by atoms with E-state index in [1.54, 1.807) is 6.33 Å². The predicted molar refractivity (Wildman–Crippen MR) is 51.6 cm³/mol. The molecule has 0 aliphatic carbocycles. The first-order valence-electron chi connectivity index (χ1n) is 5.10. The number of likely N-dealkylation sites (tertiary alicyclic amines) is 1. The van der Waals surface area contributed by atoms with Crippen LogP contribution in [0.1, 0.15) is 18.7 Å². The van der Waals surface area contributed by atoms with Crippen molar-refractivity contribution in [1.29, 1.82) is 0 Å². The lowest BCUT2D eigenvalue weighted by Crippen LogP contribution is -2.24. The average Bonchev–Trinajstić information content (AvgIpc) is 2.85. The van der Waals surface area contributed by atoms with E-state index in [1.807, 2.05) is 4.57 Å². The van der Waals surface area contributed by atoms with Gasteiger partial charge in [0.15, 0.2) is 5.82 Å². The van der Waals surface area contributed by atoms with E-state index in [1.165, 1.54) is 25.9 Å². The van der Waals surface area contributed by atoms with E-state index in [0.29, 0.717) is 5.82 Å². The number of nitrogens with zero attached hydrogens (tertiary/aromatic N) is 4. The summed E-state index contributed by atoms with van der Waals surface area (Å²) in [5, 5.41) is 16.6. The Morgan fingerprint density at radius 3 is 2.79 bits per heavy atom. The van der Waals surface area contributed by atoms with Gasteiger partial charge in [0.25, 0.3) is 0 Å². The third-order valence-electron chi connectivity index (χ3n) is 2.69. The van der Waals surface area contributed by atoms with Crippen LogP contribution >= 0.6 is 0 Å². The summed E-state index contributed by atoms with van der Waals surface area (Å²) in [6.45, 7) is 4.29. The Hall–Kier alpha value is -0.940. The third kappa shape index (κ3) is 2.10. The van der Waals surface area contributed by atoms with Gasteiger partial charge in [-0.25, -0.2) is 0 Å². The topological polar surface area (TPSA) is 54.2 Å². The smallest absolute Gasteiger partial charge is 0.158 e. The molecule has 2 rings (SSSR count). The molecule has 0 saturated carbocycles. The molecule has 0 spiro atoms. The molecular weight excluding hydrogens is 180 g/mol. The van der Waals surface area contributed by atoms with Crippen LogP contribution < -0.4 is 0 Å².